The summed E-state index contributed by atoms with van der Waals surface area (Å²) in [6.07, 6.45) is 5.45. The van der Waals surface area contributed by atoms with Crippen molar-refractivity contribution in [3.05, 3.63) is 63.6 Å². The molecule has 0 aliphatic carbocycles. The van der Waals surface area contributed by atoms with E-state index in [2.05, 4.69) is 11.4 Å². The van der Waals surface area contributed by atoms with E-state index in [9.17, 15) is 9.59 Å². The molecule has 1 aromatic carbocycles. The van der Waals surface area contributed by atoms with Gasteiger partial charge >= 0.3 is 0 Å². The number of carbonyl (C=O) groups excluding carboxylic acids is 1. The van der Waals surface area contributed by atoms with Gasteiger partial charge in [-0.3, -0.25) is 9.59 Å². The molecule has 0 saturated carbocycles. The lowest BCUT2D eigenvalue weighted by molar-refractivity contribution is 0.0709. The van der Waals surface area contributed by atoms with Crippen LogP contribution in [-0.2, 0) is 0 Å². The number of piperidine rings is 2. The first kappa shape index (κ1) is 23.4. The van der Waals surface area contributed by atoms with Crippen LogP contribution in [0.2, 0.25) is 0 Å². The monoisotopic (exact) mass is 445 g/mol. The third-order valence-corrected chi connectivity index (χ3v) is 6.60. The van der Waals surface area contributed by atoms with Gasteiger partial charge in [0.05, 0.1) is 7.11 Å². The number of benzene rings is 1. The number of nitrogens with zero attached hydrogens (tertiary/aromatic N) is 2. The second-order valence-electron chi connectivity index (χ2n) is 8.38. The summed E-state index contributed by atoms with van der Waals surface area (Å²) >= 11 is 0. The Kier molecular flexibility index (Phi) is 7.79. The number of rotatable bonds is 4. The molecular weight excluding hydrogens is 414 g/mol. The Bertz CT molecular complexity index is 961. The minimum Gasteiger partial charge on any atom is -0.496 e. The first-order valence-electron chi connectivity index (χ1n) is 10.9. The van der Waals surface area contributed by atoms with Gasteiger partial charge in [-0.25, -0.2) is 0 Å². The largest absolute Gasteiger partial charge is 0.496 e. The van der Waals surface area contributed by atoms with Crippen molar-refractivity contribution in [2.24, 2.45) is 0 Å². The summed E-state index contributed by atoms with van der Waals surface area (Å²) in [5, 5.41) is 3.33. The van der Waals surface area contributed by atoms with Crippen LogP contribution < -0.4 is 15.6 Å². The Morgan fingerprint density at radius 2 is 1.74 bits per heavy atom. The molecule has 2 aromatic rings. The highest BCUT2D eigenvalue weighted by Gasteiger charge is 2.29. The van der Waals surface area contributed by atoms with Crippen LogP contribution in [0.4, 0.5) is 0 Å². The summed E-state index contributed by atoms with van der Waals surface area (Å²) in [6.45, 7) is 4.99. The number of para-hydroxylation sites is 1. The first-order chi connectivity index (χ1) is 14.6. The quantitative estimate of drug-likeness (QED) is 0.781. The van der Waals surface area contributed by atoms with Gasteiger partial charge in [-0.1, -0.05) is 18.2 Å². The van der Waals surface area contributed by atoms with E-state index in [-0.39, 0.29) is 29.9 Å². The van der Waals surface area contributed by atoms with Gasteiger partial charge < -0.3 is 19.5 Å². The van der Waals surface area contributed by atoms with Crippen molar-refractivity contribution in [2.45, 2.75) is 44.6 Å². The number of methoxy groups -OCH3 is 1. The number of hydrogen-bond donors (Lipinski definition) is 1. The second kappa shape index (κ2) is 10.3. The summed E-state index contributed by atoms with van der Waals surface area (Å²) in [5.41, 5.74) is 2.17. The molecule has 7 heteroatoms. The minimum absolute atomic E-state index is 0. The van der Waals surface area contributed by atoms with Gasteiger partial charge in [-0.15, -0.1) is 12.4 Å². The van der Waals surface area contributed by atoms with E-state index < -0.39 is 0 Å². The normalized spacial score (nSPS) is 17.8. The fourth-order valence-corrected chi connectivity index (χ4v) is 4.83. The highest BCUT2D eigenvalue weighted by atomic mass is 35.5. The zero-order valence-corrected chi connectivity index (χ0v) is 19.1. The Labute approximate surface area is 190 Å². The molecule has 0 radical (unpaired) electrons. The van der Waals surface area contributed by atoms with Gasteiger partial charge in [0.25, 0.3) is 11.5 Å². The highest BCUT2D eigenvalue weighted by molar-refractivity contribution is 5.95. The Balaban J connectivity index is 0.00000272. The summed E-state index contributed by atoms with van der Waals surface area (Å²) in [5.74, 6) is 1.15. The average molecular weight is 446 g/mol. The van der Waals surface area contributed by atoms with Crippen LogP contribution in [0.1, 0.15) is 59.1 Å². The van der Waals surface area contributed by atoms with Crippen LogP contribution in [0.5, 0.6) is 5.75 Å². The number of aryl methyl sites for hydroxylation is 1. The molecule has 0 unspecified atom stereocenters. The van der Waals surface area contributed by atoms with Gasteiger partial charge in [0.2, 0.25) is 0 Å². The van der Waals surface area contributed by atoms with Crippen LogP contribution in [0, 0.1) is 6.92 Å². The second-order valence-corrected chi connectivity index (χ2v) is 8.38. The molecule has 0 atom stereocenters. The maximum absolute atomic E-state index is 13.3. The van der Waals surface area contributed by atoms with Gasteiger partial charge in [-0.2, -0.15) is 0 Å². The maximum atomic E-state index is 13.3. The number of pyridine rings is 1. The molecule has 6 nitrogen and oxygen atoms in total. The van der Waals surface area contributed by atoms with Gasteiger partial charge in [0.1, 0.15) is 11.3 Å². The number of likely N-dealkylation sites (tertiary alicyclic amines) is 1. The fourth-order valence-electron chi connectivity index (χ4n) is 4.83. The van der Waals surface area contributed by atoms with E-state index in [4.69, 9.17) is 4.74 Å². The smallest absolute Gasteiger partial charge is 0.263 e. The molecule has 2 saturated heterocycles. The molecular formula is C24H32ClN3O3. The predicted molar refractivity (Wildman–Crippen MR) is 125 cm³/mol. The van der Waals surface area contributed by atoms with E-state index in [1.807, 2.05) is 42.3 Å². The summed E-state index contributed by atoms with van der Waals surface area (Å²) in [4.78, 5) is 28.4. The topological polar surface area (TPSA) is 63.6 Å². The SMILES string of the molecule is COc1ccccc1C1CCN(C(=O)c2c(C)ccn(C3CCNCC3)c2=O)CC1.Cl. The molecule has 3 heterocycles. The number of halogens is 1. The average Bonchev–Trinajstić information content (AvgIpc) is 2.79. The van der Waals surface area contributed by atoms with Gasteiger partial charge in [0.15, 0.2) is 0 Å². The molecule has 1 amide bonds. The number of hydrogen-bond acceptors (Lipinski definition) is 4. The van der Waals surface area contributed by atoms with Crippen molar-refractivity contribution in [3.8, 4) is 5.75 Å². The van der Waals surface area contributed by atoms with Crippen molar-refractivity contribution < 1.29 is 9.53 Å². The molecule has 2 fully saturated rings. The summed E-state index contributed by atoms with van der Waals surface area (Å²) in [6, 6.07) is 10.2. The lowest BCUT2D eigenvalue weighted by Gasteiger charge is -2.33. The van der Waals surface area contributed by atoms with Gasteiger partial charge in [0, 0.05) is 25.3 Å². The highest BCUT2D eigenvalue weighted by Crippen LogP contribution is 2.34. The summed E-state index contributed by atoms with van der Waals surface area (Å²) in [7, 11) is 1.70. The molecule has 168 valence electrons. The Morgan fingerprint density at radius 1 is 1.06 bits per heavy atom. The molecule has 2 aliphatic rings. The summed E-state index contributed by atoms with van der Waals surface area (Å²) < 4.78 is 7.30. The van der Waals surface area contributed by atoms with Crippen LogP contribution >= 0.6 is 12.4 Å². The number of nitrogens with one attached hydrogen (secondary N) is 1. The van der Waals surface area contributed by atoms with Crippen molar-refractivity contribution in [1.29, 1.82) is 0 Å². The van der Waals surface area contributed by atoms with Crippen molar-refractivity contribution in [3.63, 3.8) is 0 Å². The van der Waals surface area contributed by atoms with E-state index in [0.29, 0.717) is 24.6 Å². The molecule has 4 rings (SSSR count). The third-order valence-electron chi connectivity index (χ3n) is 6.60. The van der Waals surface area contributed by atoms with E-state index in [1.165, 1.54) is 5.56 Å². The molecule has 2 aliphatic heterocycles. The van der Waals surface area contributed by atoms with Crippen molar-refractivity contribution in [2.75, 3.05) is 33.3 Å². The number of ether oxygens (including phenoxy) is 1. The minimum atomic E-state index is -0.140. The standard InChI is InChI=1S/C24H31N3O3.ClH/c1-17-9-16-27(19-7-12-25-13-8-19)24(29)22(17)23(28)26-14-10-18(11-15-26)20-5-3-4-6-21(20)30-2;/h3-6,9,16,18-19,25H,7-8,10-15H2,1-2H3;1H. The maximum Gasteiger partial charge on any atom is 0.263 e. The van der Waals surface area contributed by atoms with Crippen molar-refractivity contribution in [1.82, 2.24) is 14.8 Å². The molecule has 0 spiro atoms. The lowest BCUT2D eigenvalue weighted by atomic mass is 9.88. The van der Waals surface area contributed by atoms with Crippen LogP contribution in [0.3, 0.4) is 0 Å². The lowest BCUT2D eigenvalue weighted by Crippen LogP contribution is -2.43. The van der Waals surface area contributed by atoms with E-state index in [0.717, 1.165) is 50.1 Å². The predicted octanol–water partition coefficient (Wildman–Crippen LogP) is 3.53. The zero-order valence-electron chi connectivity index (χ0n) is 18.3. The number of aromatic nitrogens is 1. The number of amides is 1. The van der Waals surface area contributed by atoms with Crippen molar-refractivity contribution >= 4 is 18.3 Å². The Morgan fingerprint density at radius 3 is 2.42 bits per heavy atom. The fraction of sp³-hybridized carbons (Fsp3) is 0.500. The van der Waals surface area contributed by atoms with Crippen LogP contribution in [0.15, 0.2) is 41.3 Å². The molecule has 1 aromatic heterocycles. The van der Waals surface area contributed by atoms with Crippen LogP contribution in [-0.4, -0.2) is 48.7 Å². The molecule has 31 heavy (non-hydrogen) atoms. The first-order valence-corrected chi connectivity index (χ1v) is 10.9. The third kappa shape index (κ3) is 4.80. The van der Waals surface area contributed by atoms with E-state index in [1.54, 1.807) is 11.7 Å². The molecule has 1 N–H and O–H groups in total. The van der Waals surface area contributed by atoms with Gasteiger partial charge in [-0.05, 0) is 74.9 Å². The Hall–Kier alpha value is -2.31. The van der Waals surface area contributed by atoms with Crippen LogP contribution in [0.25, 0.3) is 0 Å². The van der Waals surface area contributed by atoms with E-state index >= 15 is 0 Å². The zero-order chi connectivity index (χ0) is 21.1. The number of carbonyl (C=O) groups is 1. The molecule has 0 bridgehead atoms.